The van der Waals surface area contributed by atoms with Gasteiger partial charge in [-0.25, -0.2) is 0 Å². The Balaban J connectivity index is 1.70. The average molecular weight is 507 g/mol. The molecule has 28 heavy (non-hydrogen) atoms. The Kier molecular flexibility index (Phi) is 4.62. The van der Waals surface area contributed by atoms with Gasteiger partial charge >= 0.3 is 0 Å². The summed E-state index contributed by atoms with van der Waals surface area (Å²) in [6.07, 6.45) is 1.83. The van der Waals surface area contributed by atoms with Crippen LogP contribution in [0.2, 0.25) is 5.02 Å². The van der Waals surface area contributed by atoms with E-state index in [1.54, 1.807) is 0 Å². The van der Waals surface area contributed by atoms with Gasteiger partial charge in [0.05, 0.1) is 12.0 Å². The van der Waals surface area contributed by atoms with E-state index in [1.807, 2.05) is 42.5 Å². The number of alkyl halides is 1. The van der Waals surface area contributed by atoms with E-state index < -0.39 is 0 Å². The summed E-state index contributed by atoms with van der Waals surface area (Å²) in [6.45, 7) is 0. The molecular weight excluding hydrogens is 487 g/mol. The van der Waals surface area contributed by atoms with Crippen LogP contribution in [0.4, 0.5) is 5.69 Å². The molecule has 144 valence electrons. The Labute approximate surface area is 182 Å². The Morgan fingerprint density at radius 1 is 0.964 bits per heavy atom. The number of hydrogen-bond acceptors (Lipinski definition) is 3. The van der Waals surface area contributed by atoms with Crippen molar-refractivity contribution in [2.75, 3.05) is 4.90 Å². The van der Waals surface area contributed by atoms with Gasteiger partial charge in [0.15, 0.2) is 0 Å². The number of piperidine rings is 1. The molecule has 3 fully saturated rings. The number of rotatable bonds is 2. The third kappa shape index (κ3) is 2.77. The first-order chi connectivity index (χ1) is 13.6. The topological polar surface area (TPSA) is 49.4 Å². The monoisotopic (exact) mass is 506 g/mol. The van der Waals surface area contributed by atoms with E-state index in [4.69, 9.17) is 11.6 Å². The Hall–Kier alpha value is -1.60. The van der Waals surface area contributed by atoms with Crippen molar-refractivity contribution in [2.24, 2.45) is 17.8 Å². The quantitative estimate of drug-likeness (QED) is 0.374. The fourth-order valence-corrected chi connectivity index (χ4v) is 6.77. The molecule has 2 aliphatic heterocycles. The van der Waals surface area contributed by atoms with Crippen LogP contribution in [0.3, 0.4) is 0 Å². The van der Waals surface area contributed by atoms with Gasteiger partial charge in [0.1, 0.15) is 0 Å². The highest BCUT2D eigenvalue weighted by molar-refractivity contribution is 14.1. The second-order valence-corrected chi connectivity index (χ2v) is 9.92. The molecule has 6 heteroatoms. The predicted octanol–water partition coefficient (Wildman–Crippen LogP) is 4.37. The Bertz CT molecular complexity index is 920. The molecule has 0 bridgehead atoms. The molecule has 1 saturated carbocycles. The highest BCUT2D eigenvalue weighted by Gasteiger charge is 2.62. The summed E-state index contributed by atoms with van der Waals surface area (Å²) in [5.41, 5.74) is 2.17. The van der Waals surface area contributed by atoms with E-state index in [9.17, 15) is 9.59 Å². The lowest BCUT2D eigenvalue weighted by Crippen LogP contribution is -2.56. The third-order valence-electron chi connectivity index (χ3n) is 6.51. The predicted molar refractivity (Wildman–Crippen MR) is 118 cm³/mol. The maximum Gasteiger partial charge on any atom is 0.232 e. The second-order valence-electron chi connectivity index (χ2n) is 7.89. The van der Waals surface area contributed by atoms with E-state index in [0.29, 0.717) is 8.95 Å². The smallest absolute Gasteiger partial charge is 0.232 e. The zero-order chi connectivity index (χ0) is 19.4. The molecular formula is C22H20ClIN2O2. The van der Waals surface area contributed by atoms with E-state index in [1.165, 1.54) is 0 Å². The number of hydrogen-bond donors (Lipinski definition) is 1. The number of carbonyl (C=O) groups excluding carboxylic acids is 2. The summed E-state index contributed by atoms with van der Waals surface area (Å²) in [4.78, 5) is 28.1. The minimum atomic E-state index is -0.244. The normalized spacial score (nSPS) is 34.1. The molecule has 1 aliphatic carbocycles. The van der Waals surface area contributed by atoms with Gasteiger partial charge in [-0.1, -0.05) is 64.5 Å². The van der Waals surface area contributed by atoms with Crippen LogP contribution in [0.25, 0.3) is 0 Å². The Morgan fingerprint density at radius 2 is 1.68 bits per heavy atom. The number of imide groups is 1. The van der Waals surface area contributed by atoms with Crippen molar-refractivity contribution >= 4 is 51.7 Å². The molecule has 4 nitrogen and oxygen atoms in total. The van der Waals surface area contributed by atoms with Gasteiger partial charge < -0.3 is 4.90 Å². The first-order valence-electron chi connectivity index (χ1n) is 9.64. The van der Waals surface area contributed by atoms with Crippen molar-refractivity contribution in [3.63, 3.8) is 0 Å². The van der Waals surface area contributed by atoms with Crippen LogP contribution in [0.5, 0.6) is 0 Å². The zero-order valence-corrected chi connectivity index (χ0v) is 18.0. The number of anilines is 1. The molecule has 2 heterocycles. The fourth-order valence-electron chi connectivity index (χ4n) is 5.45. The van der Waals surface area contributed by atoms with Crippen molar-refractivity contribution < 1.29 is 9.59 Å². The lowest BCUT2D eigenvalue weighted by molar-refractivity contribution is -0.144. The summed E-state index contributed by atoms with van der Waals surface area (Å²) in [7, 11) is 0. The average Bonchev–Trinajstić information content (AvgIpc) is 3.06. The summed E-state index contributed by atoms with van der Waals surface area (Å²) in [5, 5.41) is 3.35. The summed E-state index contributed by atoms with van der Waals surface area (Å²) >= 11 is 8.65. The number of amides is 2. The van der Waals surface area contributed by atoms with Crippen molar-refractivity contribution in [1.82, 2.24) is 5.32 Å². The standard InChI is InChI=1S/C22H20ClIN2O2/c23-13-8-6-12(7-9-13)19-18-17-15(21(27)25-22(18)28)10-11-16(24)20(17)26(19)14-4-2-1-3-5-14/h1-9,15-20H,10-11H2,(H,25,27,28)/t15-,16-,17+,18-,19-,20+/m1/s1. The SMILES string of the molecule is O=C1NC(=O)[C@@H]2CC[C@@H](I)[C@H]3[C@@H]2[C@@H]1[C@@H](c1ccc(Cl)cc1)N3c1ccccc1. The number of carbonyl (C=O) groups is 2. The number of benzene rings is 2. The minimum absolute atomic E-state index is 0.0396. The molecule has 0 radical (unpaired) electrons. The van der Waals surface area contributed by atoms with E-state index in [-0.39, 0.29) is 41.7 Å². The molecule has 0 aromatic heterocycles. The molecule has 0 unspecified atom stereocenters. The van der Waals surface area contributed by atoms with Gasteiger partial charge in [0, 0.05) is 32.5 Å². The molecule has 2 aromatic rings. The lowest BCUT2D eigenvalue weighted by Gasteiger charge is -2.42. The molecule has 2 aromatic carbocycles. The molecule has 6 atom stereocenters. The molecule has 1 N–H and O–H groups in total. The van der Waals surface area contributed by atoms with E-state index in [0.717, 1.165) is 24.1 Å². The third-order valence-corrected chi connectivity index (χ3v) is 8.12. The Morgan fingerprint density at radius 3 is 2.39 bits per heavy atom. The van der Waals surface area contributed by atoms with Crippen molar-refractivity contribution in [3.05, 3.63) is 65.2 Å². The zero-order valence-electron chi connectivity index (χ0n) is 15.1. The van der Waals surface area contributed by atoms with Crippen LogP contribution in [-0.4, -0.2) is 21.8 Å². The maximum atomic E-state index is 13.1. The largest absolute Gasteiger partial charge is 0.359 e. The summed E-state index contributed by atoms with van der Waals surface area (Å²) < 4.78 is 0.387. The molecule has 2 amide bonds. The first-order valence-corrected chi connectivity index (χ1v) is 11.3. The molecule has 0 spiro atoms. The maximum absolute atomic E-state index is 13.1. The van der Waals surface area contributed by atoms with Crippen molar-refractivity contribution in [3.8, 4) is 0 Å². The number of nitrogens with one attached hydrogen (secondary N) is 1. The first kappa shape index (κ1) is 18.4. The van der Waals surface area contributed by atoms with Crippen molar-refractivity contribution in [2.45, 2.75) is 28.8 Å². The fraction of sp³-hybridized carbons (Fsp3) is 0.364. The van der Waals surface area contributed by atoms with Crippen LogP contribution >= 0.6 is 34.2 Å². The van der Waals surface area contributed by atoms with Crippen molar-refractivity contribution in [1.29, 1.82) is 0 Å². The van der Waals surface area contributed by atoms with E-state index in [2.05, 4.69) is 44.9 Å². The van der Waals surface area contributed by atoms with E-state index >= 15 is 0 Å². The number of nitrogens with zero attached hydrogens (tertiary/aromatic N) is 1. The van der Waals surface area contributed by atoms with Gasteiger partial charge in [-0.2, -0.15) is 0 Å². The van der Waals surface area contributed by atoms with Crippen LogP contribution in [-0.2, 0) is 9.59 Å². The molecule has 3 aliphatic rings. The number of para-hydroxylation sites is 1. The summed E-state index contributed by atoms with van der Waals surface area (Å²) in [5.74, 6) is -0.531. The van der Waals surface area contributed by atoms with Gasteiger partial charge in [0.2, 0.25) is 11.8 Å². The van der Waals surface area contributed by atoms with Gasteiger partial charge in [-0.3, -0.25) is 14.9 Å². The highest BCUT2D eigenvalue weighted by Crippen LogP contribution is 2.56. The molecule has 5 rings (SSSR count). The lowest BCUT2D eigenvalue weighted by atomic mass is 9.68. The number of halogens is 2. The summed E-state index contributed by atoms with van der Waals surface area (Å²) in [6, 6.07) is 18.1. The molecule has 2 saturated heterocycles. The van der Waals surface area contributed by atoms with Crippen LogP contribution in [0, 0.1) is 17.8 Å². The van der Waals surface area contributed by atoms with Crippen LogP contribution in [0.1, 0.15) is 24.4 Å². The van der Waals surface area contributed by atoms with Gasteiger partial charge in [-0.15, -0.1) is 0 Å². The van der Waals surface area contributed by atoms with Crippen LogP contribution < -0.4 is 10.2 Å². The minimum Gasteiger partial charge on any atom is -0.359 e. The van der Waals surface area contributed by atoms with Gasteiger partial charge in [-0.05, 0) is 42.7 Å². The van der Waals surface area contributed by atoms with Crippen LogP contribution in [0.15, 0.2) is 54.6 Å². The highest BCUT2D eigenvalue weighted by atomic mass is 127. The van der Waals surface area contributed by atoms with Gasteiger partial charge in [0.25, 0.3) is 0 Å². The second kappa shape index (κ2) is 7.02.